The number of benzene rings is 2. The zero-order valence-electron chi connectivity index (χ0n) is 18.7. The molecular formula is C22H26F3N3O6S. The predicted molar refractivity (Wildman–Crippen MR) is 118 cm³/mol. The quantitative estimate of drug-likeness (QED) is 0.238. The molecule has 1 heterocycles. The van der Waals surface area contributed by atoms with Gasteiger partial charge in [0.05, 0.1) is 18.1 Å². The summed E-state index contributed by atoms with van der Waals surface area (Å²) in [6.07, 6.45) is 1.16. The van der Waals surface area contributed by atoms with Crippen molar-refractivity contribution in [3.05, 3.63) is 53.8 Å². The van der Waals surface area contributed by atoms with Crippen molar-refractivity contribution in [1.82, 2.24) is 15.1 Å². The fourth-order valence-electron chi connectivity index (χ4n) is 3.50. The van der Waals surface area contributed by atoms with Crippen LogP contribution in [0.15, 0.2) is 41.3 Å². The minimum Gasteiger partial charge on any atom is -0.451 e. The Labute approximate surface area is 200 Å². The van der Waals surface area contributed by atoms with Crippen molar-refractivity contribution in [1.29, 1.82) is 0 Å². The van der Waals surface area contributed by atoms with E-state index < -0.39 is 50.1 Å². The van der Waals surface area contributed by atoms with E-state index in [4.69, 9.17) is 14.7 Å². The van der Waals surface area contributed by atoms with Crippen LogP contribution in [0.5, 0.6) is 11.5 Å². The average molecular weight is 518 g/mol. The third-order valence-electron chi connectivity index (χ3n) is 5.36. The summed E-state index contributed by atoms with van der Waals surface area (Å²) in [5, 5.41) is 9.00. The van der Waals surface area contributed by atoms with E-state index in [2.05, 4.69) is 9.62 Å². The summed E-state index contributed by atoms with van der Waals surface area (Å²) in [6.45, 7) is 3.57. The largest absolute Gasteiger partial charge is 0.451 e. The Hall–Kier alpha value is -2.71. The van der Waals surface area contributed by atoms with Gasteiger partial charge in [0.25, 0.3) is 5.91 Å². The van der Waals surface area contributed by atoms with E-state index in [1.165, 1.54) is 5.48 Å². The van der Waals surface area contributed by atoms with Gasteiger partial charge in [0.1, 0.15) is 17.6 Å². The van der Waals surface area contributed by atoms with Gasteiger partial charge in [-0.1, -0.05) is 6.42 Å². The molecule has 1 atom stereocenters. The molecule has 0 aromatic heterocycles. The summed E-state index contributed by atoms with van der Waals surface area (Å²) in [7, 11) is -4.55. The van der Waals surface area contributed by atoms with E-state index in [-0.39, 0.29) is 12.2 Å². The van der Waals surface area contributed by atoms with E-state index in [0.29, 0.717) is 38.2 Å². The van der Waals surface area contributed by atoms with Crippen molar-refractivity contribution >= 4 is 15.9 Å². The number of rotatable bonds is 11. The molecular weight excluding hydrogens is 491 g/mol. The second-order valence-electron chi connectivity index (χ2n) is 7.87. The van der Waals surface area contributed by atoms with Gasteiger partial charge >= 0.3 is 0 Å². The lowest BCUT2D eigenvalue weighted by atomic mass is 10.1. The number of amides is 1. The van der Waals surface area contributed by atoms with Gasteiger partial charge < -0.3 is 9.47 Å². The Morgan fingerprint density at radius 3 is 2.31 bits per heavy atom. The molecule has 0 bridgehead atoms. The first-order valence-corrected chi connectivity index (χ1v) is 12.4. The van der Waals surface area contributed by atoms with Crippen LogP contribution in [0.4, 0.5) is 13.2 Å². The van der Waals surface area contributed by atoms with Crippen LogP contribution in [0.1, 0.15) is 19.3 Å². The number of carbonyl (C=O) groups excluding carboxylic acids is 1. The maximum absolute atomic E-state index is 14.5. The van der Waals surface area contributed by atoms with Crippen molar-refractivity contribution < 1.29 is 41.1 Å². The molecule has 1 amide bonds. The molecule has 0 aliphatic carbocycles. The molecule has 9 nitrogen and oxygen atoms in total. The number of ether oxygens (including phenoxy) is 2. The van der Waals surface area contributed by atoms with Crippen molar-refractivity contribution in [2.75, 3.05) is 32.8 Å². The minimum absolute atomic E-state index is 0.0483. The molecule has 192 valence electrons. The first-order valence-electron chi connectivity index (χ1n) is 10.9. The molecule has 1 saturated heterocycles. The second-order valence-corrected chi connectivity index (χ2v) is 9.59. The highest BCUT2D eigenvalue weighted by atomic mass is 32.2. The number of unbranched alkanes of at least 4 members (excludes halogenated alkanes) is 1. The monoisotopic (exact) mass is 517 g/mol. The maximum atomic E-state index is 14.5. The average Bonchev–Trinajstić information content (AvgIpc) is 2.84. The first kappa shape index (κ1) is 26.9. The number of sulfonamides is 1. The Morgan fingerprint density at radius 2 is 1.71 bits per heavy atom. The fraction of sp³-hybridized carbons (Fsp3) is 0.409. The van der Waals surface area contributed by atoms with Gasteiger partial charge in [-0.2, -0.15) is 4.72 Å². The van der Waals surface area contributed by atoms with Crippen LogP contribution in [-0.4, -0.2) is 63.3 Å². The van der Waals surface area contributed by atoms with Gasteiger partial charge in [-0.3, -0.25) is 14.9 Å². The van der Waals surface area contributed by atoms with Gasteiger partial charge in [0.15, 0.2) is 17.4 Å². The van der Waals surface area contributed by atoms with Crippen molar-refractivity contribution in [2.24, 2.45) is 0 Å². The van der Waals surface area contributed by atoms with Gasteiger partial charge in [0, 0.05) is 13.1 Å². The topological polar surface area (TPSA) is 117 Å². The van der Waals surface area contributed by atoms with E-state index in [0.717, 1.165) is 43.9 Å². The number of carbonyl (C=O) groups is 1. The molecule has 1 aliphatic rings. The van der Waals surface area contributed by atoms with Gasteiger partial charge in [0.2, 0.25) is 10.0 Å². The molecule has 0 saturated carbocycles. The number of halogens is 3. The number of nitrogens with one attached hydrogen (secondary N) is 2. The standard InChI is InChI=1S/C22H26F3N3O6S/c23-15-4-6-16(7-5-15)34-21-18(24)13-17(14-19(21)25)35(31,32)27-20(22(29)26-30)3-1-2-8-28-9-11-33-12-10-28/h4-7,13-14,20,27,30H,1-3,8-12H2,(H,26,29)/t20-/m1/s1. The van der Waals surface area contributed by atoms with E-state index in [9.17, 15) is 26.4 Å². The Balaban J connectivity index is 1.67. The Kier molecular flexibility index (Phi) is 9.46. The van der Waals surface area contributed by atoms with E-state index >= 15 is 0 Å². The highest BCUT2D eigenvalue weighted by Gasteiger charge is 2.28. The number of hydroxylamine groups is 1. The summed E-state index contributed by atoms with van der Waals surface area (Å²) in [4.78, 5) is 13.4. The molecule has 0 unspecified atom stereocenters. The molecule has 0 spiro atoms. The van der Waals surface area contributed by atoms with Crippen LogP contribution in [0.3, 0.4) is 0 Å². The summed E-state index contributed by atoms with van der Waals surface area (Å²) in [5.41, 5.74) is 1.40. The lowest BCUT2D eigenvalue weighted by Gasteiger charge is -2.26. The Bertz CT molecular complexity index is 1090. The van der Waals surface area contributed by atoms with Crippen LogP contribution in [-0.2, 0) is 19.6 Å². The molecule has 0 radical (unpaired) electrons. The van der Waals surface area contributed by atoms with E-state index in [1.54, 1.807) is 0 Å². The lowest BCUT2D eigenvalue weighted by Crippen LogP contribution is -2.45. The molecule has 2 aromatic rings. The second kappa shape index (κ2) is 12.3. The molecule has 2 aromatic carbocycles. The summed E-state index contributed by atoms with van der Waals surface area (Å²) in [6, 6.07) is 4.07. The van der Waals surface area contributed by atoms with Crippen LogP contribution in [0, 0.1) is 17.5 Å². The normalized spacial score (nSPS) is 15.5. The number of morpholine rings is 1. The third-order valence-corrected chi connectivity index (χ3v) is 6.81. The summed E-state index contributed by atoms with van der Waals surface area (Å²) < 4.78 is 80.0. The molecule has 35 heavy (non-hydrogen) atoms. The summed E-state index contributed by atoms with van der Waals surface area (Å²) in [5.74, 6) is -5.14. The number of nitrogens with zero attached hydrogens (tertiary/aromatic N) is 1. The van der Waals surface area contributed by atoms with Crippen LogP contribution >= 0.6 is 0 Å². The van der Waals surface area contributed by atoms with Crippen molar-refractivity contribution in [3.63, 3.8) is 0 Å². The van der Waals surface area contributed by atoms with E-state index in [1.807, 2.05) is 0 Å². The van der Waals surface area contributed by atoms with Gasteiger partial charge in [-0.15, -0.1) is 0 Å². The van der Waals surface area contributed by atoms with Crippen LogP contribution < -0.4 is 14.9 Å². The zero-order chi connectivity index (χ0) is 25.4. The number of hydrogen-bond acceptors (Lipinski definition) is 7. The van der Waals surface area contributed by atoms with Gasteiger partial charge in [-0.05, 0) is 55.8 Å². The molecule has 3 rings (SSSR count). The SMILES string of the molecule is O=C(NO)[C@@H](CCCCN1CCOCC1)NS(=O)(=O)c1cc(F)c(Oc2ccc(F)cc2)c(F)c1. The minimum atomic E-state index is -4.55. The smallest absolute Gasteiger partial charge is 0.261 e. The molecule has 1 aliphatic heterocycles. The zero-order valence-corrected chi connectivity index (χ0v) is 19.5. The number of hydrogen-bond donors (Lipinski definition) is 3. The lowest BCUT2D eigenvalue weighted by molar-refractivity contribution is -0.131. The van der Waals surface area contributed by atoms with Crippen molar-refractivity contribution in [3.8, 4) is 11.5 Å². The first-order chi connectivity index (χ1) is 16.7. The molecule has 13 heteroatoms. The van der Waals surface area contributed by atoms with Gasteiger partial charge in [-0.25, -0.2) is 27.1 Å². The van der Waals surface area contributed by atoms with Crippen LogP contribution in [0.25, 0.3) is 0 Å². The van der Waals surface area contributed by atoms with Crippen molar-refractivity contribution in [2.45, 2.75) is 30.2 Å². The highest BCUT2D eigenvalue weighted by Crippen LogP contribution is 2.30. The third kappa shape index (κ3) is 7.64. The molecule has 1 fully saturated rings. The molecule has 3 N–H and O–H groups in total. The highest BCUT2D eigenvalue weighted by molar-refractivity contribution is 7.89. The maximum Gasteiger partial charge on any atom is 0.261 e. The summed E-state index contributed by atoms with van der Waals surface area (Å²) >= 11 is 0. The Morgan fingerprint density at radius 1 is 1.09 bits per heavy atom. The fourth-order valence-corrected chi connectivity index (χ4v) is 4.75. The van der Waals surface area contributed by atoms with Crippen LogP contribution in [0.2, 0.25) is 0 Å². The predicted octanol–water partition coefficient (Wildman–Crippen LogP) is 2.55.